The van der Waals surface area contributed by atoms with Crippen molar-refractivity contribution in [2.75, 3.05) is 12.8 Å². The first-order chi connectivity index (χ1) is 9.52. The van der Waals surface area contributed by atoms with Crippen LogP contribution < -0.4 is 10.5 Å². The number of para-hydroxylation sites is 1. The standard InChI is InChI=1S/C16H18FNO2/c1-10-8-12(17)7-6-11(10)9-14(19)13-4-3-5-15(20-2)16(13)18/h3-8,14,19H,9,18H2,1-2H3. The molecule has 3 nitrogen and oxygen atoms in total. The van der Waals surface area contributed by atoms with Crippen molar-refractivity contribution in [2.24, 2.45) is 0 Å². The predicted molar refractivity (Wildman–Crippen MR) is 77.2 cm³/mol. The van der Waals surface area contributed by atoms with Gasteiger partial charge in [-0.25, -0.2) is 4.39 Å². The summed E-state index contributed by atoms with van der Waals surface area (Å²) in [6.45, 7) is 1.82. The summed E-state index contributed by atoms with van der Waals surface area (Å²) < 4.78 is 18.2. The van der Waals surface area contributed by atoms with Crippen LogP contribution in [0.25, 0.3) is 0 Å². The lowest BCUT2D eigenvalue weighted by Crippen LogP contribution is -2.07. The van der Waals surface area contributed by atoms with Gasteiger partial charge in [-0.15, -0.1) is 0 Å². The molecule has 0 radical (unpaired) electrons. The van der Waals surface area contributed by atoms with Gasteiger partial charge in [-0.2, -0.15) is 0 Å². The molecule has 0 saturated heterocycles. The summed E-state index contributed by atoms with van der Waals surface area (Å²) >= 11 is 0. The molecular weight excluding hydrogens is 257 g/mol. The number of nitrogen functional groups attached to an aromatic ring is 1. The molecule has 0 fully saturated rings. The third kappa shape index (κ3) is 2.91. The van der Waals surface area contributed by atoms with Crippen molar-refractivity contribution in [2.45, 2.75) is 19.4 Å². The van der Waals surface area contributed by atoms with E-state index in [9.17, 15) is 9.50 Å². The summed E-state index contributed by atoms with van der Waals surface area (Å²) in [6.07, 6.45) is -0.377. The van der Waals surface area contributed by atoms with E-state index in [1.54, 1.807) is 24.3 Å². The van der Waals surface area contributed by atoms with E-state index in [4.69, 9.17) is 10.5 Å². The zero-order valence-corrected chi connectivity index (χ0v) is 11.6. The van der Waals surface area contributed by atoms with Gasteiger partial charge in [-0.05, 0) is 36.2 Å². The largest absolute Gasteiger partial charge is 0.495 e. The summed E-state index contributed by atoms with van der Waals surface area (Å²) in [4.78, 5) is 0. The van der Waals surface area contributed by atoms with Crippen LogP contribution in [0.3, 0.4) is 0 Å². The first-order valence-electron chi connectivity index (χ1n) is 6.38. The Morgan fingerprint density at radius 3 is 2.70 bits per heavy atom. The molecule has 3 N–H and O–H groups in total. The van der Waals surface area contributed by atoms with Crippen LogP contribution in [0.4, 0.5) is 10.1 Å². The zero-order valence-electron chi connectivity index (χ0n) is 11.6. The molecule has 0 saturated carbocycles. The van der Waals surface area contributed by atoms with E-state index >= 15 is 0 Å². The van der Waals surface area contributed by atoms with Crippen molar-refractivity contribution in [1.29, 1.82) is 0 Å². The predicted octanol–water partition coefficient (Wildman–Crippen LogP) is 3.00. The van der Waals surface area contributed by atoms with Crippen LogP contribution >= 0.6 is 0 Å². The van der Waals surface area contributed by atoms with Crippen molar-refractivity contribution in [3.8, 4) is 5.75 Å². The number of ether oxygens (including phenoxy) is 1. The number of aliphatic hydroxyl groups is 1. The fourth-order valence-electron chi connectivity index (χ4n) is 2.24. The summed E-state index contributed by atoms with van der Waals surface area (Å²) in [7, 11) is 1.53. The van der Waals surface area contributed by atoms with Gasteiger partial charge in [-0.3, -0.25) is 0 Å². The minimum absolute atomic E-state index is 0.276. The van der Waals surface area contributed by atoms with Crippen LogP contribution in [0.1, 0.15) is 22.8 Å². The van der Waals surface area contributed by atoms with Gasteiger partial charge < -0.3 is 15.6 Å². The van der Waals surface area contributed by atoms with Gasteiger partial charge in [0.15, 0.2) is 0 Å². The molecule has 0 aliphatic rings. The SMILES string of the molecule is COc1cccc(C(O)Cc2ccc(F)cc2C)c1N. The second-order valence-corrected chi connectivity index (χ2v) is 4.75. The highest BCUT2D eigenvalue weighted by molar-refractivity contribution is 5.59. The molecule has 2 rings (SSSR count). The fraction of sp³-hybridized carbons (Fsp3) is 0.250. The van der Waals surface area contributed by atoms with Crippen LogP contribution in [-0.4, -0.2) is 12.2 Å². The molecule has 0 aromatic heterocycles. The summed E-state index contributed by atoms with van der Waals surface area (Å²) in [5, 5.41) is 10.3. The third-order valence-corrected chi connectivity index (χ3v) is 3.40. The number of methoxy groups -OCH3 is 1. The first kappa shape index (κ1) is 14.3. The van der Waals surface area contributed by atoms with Crippen LogP contribution in [0.5, 0.6) is 5.75 Å². The maximum Gasteiger partial charge on any atom is 0.142 e. The fourth-order valence-corrected chi connectivity index (χ4v) is 2.24. The number of hydrogen-bond donors (Lipinski definition) is 2. The average molecular weight is 275 g/mol. The van der Waals surface area contributed by atoms with Gasteiger partial charge in [-0.1, -0.05) is 18.2 Å². The number of benzene rings is 2. The molecule has 0 aliphatic carbocycles. The van der Waals surface area contributed by atoms with Crippen LogP contribution in [0.2, 0.25) is 0 Å². The number of rotatable bonds is 4. The minimum Gasteiger partial charge on any atom is -0.495 e. The van der Waals surface area contributed by atoms with Gasteiger partial charge in [0.05, 0.1) is 18.9 Å². The van der Waals surface area contributed by atoms with E-state index in [-0.39, 0.29) is 5.82 Å². The van der Waals surface area contributed by atoms with Crippen molar-refractivity contribution in [1.82, 2.24) is 0 Å². The lowest BCUT2D eigenvalue weighted by molar-refractivity contribution is 0.178. The van der Waals surface area contributed by atoms with E-state index in [1.807, 2.05) is 6.92 Å². The Hall–Kier alpha value is -2.07. The maximum atomic E-state index is 13.1. The molecule has 0 amide bonds. The quantitative estimate of drug-likeness (QED) is 0.843. The van der Waals surface area contributed by atoms with E-state index in [0.29, 0.717) is 23.4 Å². The Labute approximate surface area is 117 Å². The number of nitrogens with two attached hydrogens (primary N) is 1. The summed E-state index contributed by atoms with van der Waals surface area (Å²) in [5.41, 5.74) is 8.72. The second kappa shape index (κ2) is 5.92. The van der Waals surface area contributed by atoms with E-state index in [0.717, 1.165) is 11.1 Å². The Morgan fingerprint density at radius 2 is 2.05 bits per heavy atom. The number of anilines is 1. The van der Waals surface area contributed by atoms with Crippen LogP contribution in [-0.2, 0) is 6.42 Å². The topological polar surface area (TPSA) is 55.5 Å². The zero-order chi connectivity index (χ0) is 14.7. The molecule has 106 valence electrons. The van der Waals surface area contributed by atoms with Crippen molar-refractivity contribution >= 4 is 5.69 Å². The number of hydrogen-bond acceptors (Lipinski definition) is 3. The molecule has 2 aromatic carbocycles. The highest BCUT2D eigenvalue weighted by Crippen LogP contribution is 2.31. The van der Waals surface area contributed by atoms with E-state index < -0.39 is 6.10 Å². The maximum absolute atomic E-state index is 13.1. The molecule has 2 aromatic rings. The Kier molecular flexibility index (Phi) is 4.25. The van der Waals surface area contributed by atoms with E-state index in [1.165, 1.54) is 19.2 Å². The molecule has 4 heteroatoms. The van der Waals surface area contributed by atoms with Crippen molar-refractivity contribution in [3.63, 3.8) is 0 Å². The Morgan fingerprint density at radius 1 is 1.30 bits per heavy atom. The van der Waals surface area contributed by atoms with E-state index in [2.05, 4.69) is 0 Å². The molecule has 0 spiro atoms. The molecular formula is C16H18FNO2. The first-order valence-corrected chi connectivity index (χ1v) is 6.38. The number of halogens is 1. The van der Waals surface area contributed by atoms with Gasteiger partial charge in [0, 0.05) is 12.0 Å². The molecule has 1 atom stereocenters. The monoisotopic (exact) mass is 275 g/mol. The van der Waals surface area contributed by atoms with Crippen LogP contribution in [0.15, 0.2) is 36.4 Å². The van der Waals surface area contributed by atoms with Gasteiger partial charge in [0.1, 0.15) is 11.6 Å². The van der Waals surface area contributed by atoms with Gasteiger partial charge >= 0.3 is 0 Å². The summed E-state index contributed by atoms with van der Waals surface area (Å²) in [6, 6.07) is 9.83. The molecule has 1 unspecified atom stereocenters. The number of aryl methyl sites for hydroxylation is 1. The normalized spacial score (nSPS) is 12.2. The summed E-state index contributed by atoms with van der Waals surface area (Å²) in [5.74, 6) is 0.263. The molecule has 0 bridgehead atoms. The average Bonchev–Trinajstić information content (AvgIpc) is 2.42. The lowest BCUT2D eigenvalue weighted by Gasteiger charge is -2.16. The third-order valence-electron chi connectivity index (χ3n) is 3.40. The Balaban J connectivity index is 2.26. The van der Waals surface area contributed by atoms with Crippen molar-refractivity contribution in [3.05, 3.63) is 58.9 Å². The Bertz CT molecular complexity index is 613. The van der Waals surface area contributed by atoms with Gasteiger partial charge in [0.25, 0.3) is 0 Å². The molecule has 0 aliphatic heterocycles. The lowest BCUT2D eigenvalue weighted by atomic mass is 9.97. The molecule has 0 heterocycles. The highest BCUT2D eigenvalue weighted by Gasteiger charge is 2.15. The molecule has 20 heavy (non-hydrogen) atoms. The number of aliphatic hydroxyl groups excluding tert-OH is 1. The highest BCUT2D eigenvalue weighted by atomic mass is 19.1. The van der Waals surface area contributed by atoms with Gasteiger partial charge in [0.2, 0.25) is 0 Å². The second-order valence-electron chi connectivity index (χ2n) is 4.75. The minimum atomic E-state index is -0.755. The van der Waals surface area contributed by atoms with Crippen molar-refractivity contribution < 1.29 is 14.2 Å². The van der Waals surface area contributed by atoms with Crippen LogP contribution in [0, 0.1) is 12.7 Å². The smallest absolute Gasteiger partial charge is 0.142 e.